The number of amidine groups is 1. The first-order valence-corrected chi connectivity index (χ1v) is 6.41. The fourth-order valence-corrected chi connectivity index (χ4v) is 2.90. The summed E-state index contributed by atoms with van der Waals surface area (Å²) in [6.07, 6.45) is 2.17. The van der Waals surface area contributed by atoms with Gasteiger partial charge in [-0.15, -0.1) is 0 Å². The number of phenolic OH excluding ortho intramolecular Hbond substituents is 1. The van der Waals surface area contributed by atoms with Crippen LogP contribution < -0.4 is 4.74 Å². The summed E-state index contributed by atoms with van der Waals surface area (Å²) in [4.78, 5) is 6.90. The molecule has 1 N–H and O–H groups in total. The van der Waals surface area contributed by atoms with Crippen LogP contribution in [0.2, 0.25) is 0 Å². The molecule has 0 aliphatic carbocycles. The zero-order valence-electron chi connectivity index (χ0n) is 9.53. The molecule has 0 atom stereocenters. The number of hydrogen-bond donors (Lipinski definition) is 1. The van der Waals surface area contributed by atoms with Gasteiger partial charge < -0.3 is 14.7 Å². The highest BCUT2D eigenvalue weighted by atomic mass is 79.9. The van der Waals surface area contributed by atoms with E-state index in [1.165, 1.54) is 0 Å². The number of fused-ring (bicyclic) bond motifs is 2. The highest BCUT2D eigenvalue weighted by Crippen LogP contribution is 2.46. The van der Waals surface area contributed by atoms with Crippen molar-refractivity contribution in [1.82, 2.24) is 4.90 Å². The molecule has 1 aromatic rings. The lowest BCUT2D eigenvalue weighted by Crippen LogP contribution is -2.26. The maximum Gasteiger partial charge on any atom is 0.187 e. The predicted octanol–water partition coefficient (Wildman–Crippen LogP) is 2.80. The molecule has 17 heavy (non-hydrogen) atoms. The first-order chi connectivity index (χ1) is 8.20. The molecule has 1 fully saturated rings. The Morgan fingerprint density at radius 2 is 2.35 bits per heavy atom. The minimum Gasteiger partial charge on any atom is -0.503 e. The number of benzene rings is 1. The Balaban J connectivity index is 2.19. The third-order valence-corrected chi connectivity index (χ3v) is 3.87. The summed E-state index contributed by atoms with van der Waals surface area (Å²) in [5.41, 5.74) is 1.87. The quantitative estimate of drug-likeness (QED) is 0.867. The number of aliphatic imine (C=N–C) groups is 1. The van der Waals surface area contributed by atoms with Crippen molar-refractivity contribution in [2.45, 2.75) is 19.4 Å². The van der Waals surface area contributed by atoms with Crippen molar-refractivity contribution < 1.29 is 9.84 Å². The van der Waals surface area contributed by atoms with E-state index in [0.717, 1.165) is 43.0 Å². The van der Waals surface area contributed by atoms with Gasteiger partial charge in [-0.1, -0.05) is 0 Å². The predicted molar refractivity (Wildman–Crippen MR) is 69.1 cm³/mol. The number of phenols is 1. The van der Waals surface area contributed by atoms with Crippen LogP contribution >= 0.6 is 15.9 Å². The van der Waals surface area contributed by atoms with Gasteiger partial charge in [0.15, 0.2) is 11.5 Å². The summed E-state index contributed by atoms with van der Waals surface area (Å²) in [5, 5.41) is 9.94. The van der Waals surface area contributed by atoms with E-state index >= 15 is 0 Å². The van der Waals surface area contributed by atoms with Crippen LogP contribution in [0, 0.1) is 0 Å². The van der Waals surface area contributed by atoms with Crippen LogP contribution in [-0.4, -0.2) is 29.5 Å². The number of hydrogen-bond acceptors (Lipinski definition) is 4. The molecule has 2 heterocycles. The summed E-state index contributed by atoms with van der Waals surface area (Å²) >= 11 is 3.34. The zero-order valence-corrected chi connectivity index (χ0v) is 11.1. The molecule has 1 aromatic carbocycles. The Kier molecular flexibility index (Phi) is 2.50. The molecule has 2 aliphatic heterocycles. The average molecular weight is 297 g/mol. The number of nitrogens with zero attached hydrogens (tertiary/aromatic N) is 2. The molecule has 0 aromatic heterocycles. The zero-order chi connectivity index (χ0) is 12.0. The summed E-state index contributed by atoms with van der Waals surface area (Å²) in [7, 11) is 1.56. The maximum atomic E-state index is 9.94. The smallest absolute Gasteiger partial charge is 0.187 e. The van der Waals surface area contributed by atoms with Crippen molar-refractivity contribution in [2.24, 2.45) is 4.99 Å². The summed E-state index contributed by atoms with van der Waals surface area (Å²) < 4.78 is 5.93. The Morgan fingerprint density at radius 3 is 3.12 bits per heavy atom. The second-order valence-electron chi connectivity index (χ2n) is 4.30. The second kappa shape index (κ2) is 3.91. The second-order valence-corrected chi connectivity index (χ2v) is 5.16. The van der Waals surface area contributed by atoms with E-state index in [1.807, 2.05) is 6.07 Å². The van der Waals surface area contributed by atoms with Gasteiger partial charge >= 0.3 is 0 Å². The van der Waals surface area contributed by atoms with Crippen LogP contribution in [0.3, 0.4) is 0 Å². The van der Waals surface area contributed by atoms with Gasteiger partial charge in [-0.3, -0.25) is 0 Å². The minimum absolute atomic E-state index is 0.127. The van der Waals surface area contributed by atoms with Gasteiger partial charge in [0.25, 0.3) is 0 Å². The fraction of sp³-hybridized carbons (Fsp3) is 0.417. The van der Waals surface area contributed by atoms with Crippen molar-refractivity contribution in [1.29, 1.82) is 0 Å². The van der Waals surface area contributed by atoms with Crippen molar-refractivity contribution in [3.05, 3.63) is 16.1 Å². The van der Waals surface area contributed by atoms with E-state index < -0.39 is 0 Å². The number of halogens is 1. The third-order valence-electron chi connectivity index (χ3n) is 3.26. The van der Waals surface area contributed by atoms with E-state index in [9.17, 15) is 5.11 Å². The molecule has 0 bridgehead atoms. The number of rotatable bonds is 1. The molecule has 3 rings (SSSR count). The van der Waals surface area contributed by atoms with Gasteiger partial charge in [-0.25, -0.2) is 4.99 Å². The maximum absolute atomic E-state index is 9.94. The van der Waals surface area contributed by atoms with Crippen LogP contribution in [-0.2, 0) is 6.54 Å². The third kappa shape index (κ3) is 1.60. The molecular formula is C12H13BrN2O2. The van der Waals surface area contributed by atoms with Crippen LogP contribution in [0.25, 0.3) is 0 Å². The lowest BCUT2D eigenvalue weighted by molar-refractivity contribution is 0.369. The number of ether oxygens (including phenoxy) is 1. The van der Waals surface area contributed by atoms with E-state index in [1.54, 1.807) is 7.11 Å². The molecule has 1 saturated heterocycles. The number of aromatic hydroxyl groups is 1. The molecule has 0 radical (unpaired) electrons. The normalized spacial score (nSPS) is 17.5. The van der Waals surface area contributed by atoms with E-state index in [4.69, 9.17) is 4.74 Å². The largest absolute Gasteiger partial charge is 0.503 e. The molecule has 0 spiro atoms. The van der Waals surface area contributed by atoms with Gasteiger partial charge in [0, 0.05) is 25.1 Å². The minimum atomic E-state index is 0.127. The van der Waals surface area contributed by atoms with Gasteiger partial charge in [-0.05, 0) is 28.4 Å². The highest BCUT2D eigenvalue weighted by molar-refractivity contribution is 9.10. The molecule has 0 saturated carbocycles. The van der Waals surface area contributed by atoms with Gasteiger partial charge in [0.1, 0.15) is 11.5 Å². The Morgan fingerprint density at radius 1 is 1.53 bits per heavy atom. The van der Waals surface area contributed by atoms with Crippen molar-refractivity contribution >= 4 is 27.5 Å². The molecule has 90 valence electrons. The summed E-state index contributed by atoms with van der Waals surface area (Å²) in [6.45, 7) is 1.92. The van der Waals surface area contributed by atoms with Gasteiger partial charge in [0.05, 0.1) is 11.6 Å². The van der Waals surface area contributed by atoms with Crippen molar-refractivity contribution in [3.8, 4) is 11.5 Å². The topological polar surface area (TPSA) is 45.1 Å². The van der Waals surface area contributed by atoms with Crippen LogP contribution in [0.4, 0.5) is 5.69 Å². The average Bonchev–Trinajstić information content (AvgIpc) is 2.75. The van der Waals surface area contributed by atoms with Gasteiger partial charge in [0.2, 0.25) is 0 Å². The monoisotopic (exact) mass is 296 g/mol. The highest BCUT2D eigenvalue weighted by Gasteiger charge is 2.27. The SMILES string of the molecule is COc1c(O)c(Br)cc2c1N=C1CCCN1C2. The Labute approximate surface area is 108 Å². The Bertz CT molecular complexity index is 514. The summed E-state index contributed by atoms with van der Waals surface area (Å²) in [6, 6.07) is 1.92. The van der Waals surface area contributed by atoms with Crippen molar-refractivity contribution in [2.75, 3.05) is 13.7 Å². The van der Waals surface area contributed by atoms with E-state index in [2.05, 4.69) is 25.8 Å². The lowest BCUT2D eigenvalue weighted by atomic mass is 10.1. The molecule has 4 nitrogen and oxygen atoms in total. The Hall–Kier alpha value is -1.23. The van der Waals surface area contributed by atoms with E-state index in [-0.39, 0.29) is 5.75 Å². The molecule has 2 aliphatic rings. The number of methoxy groups -OCH3 is 1. The first-order valence-electron chi connectivity index (χ1n) is 5.61. The summed E-state index contributed by atoms with van der Waals surface area (Å²) in [5.74, 6) is 1.70. The van der Waals surface area contributed by atoms with Crippen LogP contribution in [0.1, 0.15) is 18.4 Å². The lowest BCUT2D eigenvalue weighted by Gasteiger charge is -2.26. The molecule has 5 heteroatoms. The van der Waals surface area contributed by atoms with Gasteiger partial charge in [-0.2, -0.15) is 0 Å². The van der Waals surface area contributed by atoms with E-state index in [0.29, 0.717) is 10.2 Å². The van der Waals surface area contributed by atoms with Crippen molar-refractivity contribution in [3.63, 3.8) is 0 Å². The molecule has 0 unspecified atom stereocenters. The van der Waals surface area contributed by atoms with Crippen LogP contribution in [0.5, 0.6) is 11.5 Å². The molecular weight excluding hydrogens is 284 g/mol. The van der Waals surface area contributed by atoms with Crippen LogP contribution in [0.15, 0.2) is 15.5 Å². The standard InChI is InChI=1S/C12H13BrN2O2/c1-17-12-10-7(5-8(13)11(12)16)6-15-4-2-3-9(15)14-10/h5,16H,2-4,6H2,1H3. The first kappa shape index (κ1) is 10.9. The molecule has 0 amide bonds. The fourth-order valence-electron chi connectivity index (χ4n) is 2.44.